The van der Waals surface area contributed by atoms with Crippen molar-refractivity contribution in [1.29, 1.82) is 0 Å². The minimum absolute atomic E-state index is 0.0323. The molecular formula is C24H31NO. The quantitative estimate of drug-likeness (QED) is 0.667. The third-order valence-electron chi connectivity index (χ3n) is 5.81. The highest BCUT2D eigenvalue weighted by Gasteiger charge is 2.32. The van der Waals surface area contributed by atoms with Gasteiger partial charge in [-0.2, -0.15) is 0 Å². The van der Waals surface area contributed by atoms with Gasteiger partial charge >= 0.3 is 0 Å². The fourth-order valence-electron chi connectivity index (χ4n) is 4.23. The minimum atomic E-state index is -0.0950. The summed E-state index contributed by atoms with van der Waals surface area (Å²) in [6.07, 6.45) is 2.38. The van der Waals surface area contributed by atoms with Gasteiger partial charge in [-0.05, 0) is 62.6 Å². The van der Waals surface area contributed by atoms with Crippen LogP contribution in [-0.4, -0.2) is 19.2 Å². The Kier molecular flexibility index (Phi) is 4.64. The fourth-order valence-corrected chi connectivity index (χ4v) is 4.23. The number of likely N-dealkylation sites (N-methyl/N-ethyl adjacent to an activating group) is 1. The third-order valence-corrected chi connectivity index (χ3v) is 5.81. The van der Waals surface area contributed by atoms with E-state index in [1.165, 1.54) is 28.0 Å². The molecule has 0 aromatic heterocycles. The minimum Gasteiger partial charge on any atom is -0.497 e. The van der Waals surface area contributed by atoms with Crippen LogP contribution in [0.3, 0.4) is 0 Å². The summed E-state index contributed by atoms with van der Waals surface area (Å²) in [7, 11) is 1.72. The number of hydrogen-bond acceptors (Lipinski definition) is 2. The Bertz CT molecular complexity index is 845. The van der Waals surface area contributed by atoms with Crippen LogP contribution >= 0.6 is 0 Å². The van der Waals surface area contributed by atoms with Gasteiger partial charge in [0.1, 0.15) is 5.75 Å². The van der Waals surface area contributed by atoms with Crippen molar-refractivity contribution in [3.63, 3.8) is 0 Å². The molecule has 0 radical (unpaired) electrons. The van der Waals surface area contributed by atoms with Crippen LogP contribution in [0.2, 0.25) is 0 Å². The lowest BCUT2D eigenvalue weighted by Gasteiger charge is -2.43. The van der Waals surface area contributed by atoms with E-state index in [1.807, 2.05) is 6.07 Å². The average molecular weight is 350 g/mol. The maximum Gasteiger partial charge on any atom is 0.119 e. The van der Waals surface area contributed by atoms with Crippen LogP contribution in [0.5, 0.6) is 5.75 Å². The molecule has 2 heteroatoms. The Hall–Kier alpha value is -2.22. The Morgan fingerprint density at radius 1 is 1.04 bits per heavy atom. The van der Waals surface area contributed by atoms with Crippen molar-refractivity contribution < 1.29 is 4.74 Å². The van der Waals surface area contributed by atoms with Crippen LogP contribution in [0.25, 0.3) is 5.57 Å². The van der Waals surface area contributed by atoms with E-state index >= 15 is 0 Å². The molecule has 0 bridgehead atoms. The summed E-state index contributed by atoms with van der Waals surface area (Å²) in [5.41, 5.74) is 6.57. The largest absolute Gasteiger partial charge is 0.497 e. The number of allylic oxidation sites excluding steroid dienone is 1. The summed E-state index contributed by atoms with van der Waals surface area (Å²) in [5.74, 6) is 0.906. The van der Waals surface area contributed by atoms with Crippen molar-refractivity contribution in [3.8, 4) is 5.75 Å². The molecule has 0 unspecified atom stereocenters. The first-order valence-corrected chi connectivity index (χ1v) is 9.47. The molecule has 0 spiro atoms. The lowest BCUT2D eigenvalue weighted by molar-refractivity contribution is 0.413. The second kappa shape index (κ2) is 6.50. The highest BCUT2D eigenvalue weighted by atomic mass is 16.5. The van der Waals surface area contributed by atoms with Gasteiger partial charge in [0.05, 0.1) is 12.6 Å². The van der Waals surface area contributed by atoms with E-state index in [1.54, 1.807) is 7.11 Å². The molecule has 0 saturated heterocycles. The van der Waals surface area contributed by atoms with E-state index in [0.717, 1.165) is 12.3 Å². The second-order valence-corrected chi connectivity index (χ2v) is 8.31. The zero-order valence-electron chi connectivity index (χ0n) is 17.2. The van der Waals surface area contributed by atoms with Crippen molar-refractivity contribution in [2.24, 2.45) is 0 Å². The van der Waals surface area contributed by atoms with Crippen molar-refractivity contribution in [3.05, 3.63) is 65.2 Å². The van der Waals surface area contributed by atoms with Gasteiger partial charge in [-0.3, -0.25) is 0 Å². The molecule has 0 N–H and O–H groups in total. The van der Waals surface area contributed by atoms with Crippen molar-refractivity contribution in [1.82, 2.24) is 0 Å². The van der Waals surface area contributed by atoms with Gasteiger partial charge in [0.15, 0.2) is 0 Å². The normalized spacial score (nSPS) is 16.1. The Labute approximate surface area is 158 Å². The molecule has 2 nitrogen and oxygen atoms in total. The lowest BCUT2D eigenvalue weighted by Crippen LogP contribution is -2.45. The number of methoxy groups -OCH3 is 1. The molecule has 3 rings (SSSR count). The SMILES string of the molecule is CCN1c2cc(C(C)(C)c3cccc(OC)c3)ccc2C(C)=CC1(C)C. The first-order valence-electron chi connectivity index (χ1n) is 9.47. The first kappa shape index (κ1) is 18.6. The van der Waals surface area contributed by atoms with E-state index < -0.39 is 0 Å². The maximum atomic E-state index is 5.44. The van der Waals surface area contributed by atoms with Crippen molar-refractivity contribution >= 4 is 11.3 Å². The Balaban J connectivity index is 2.12. The summed E-state index contributed by atoms with van der Waals surface area (Å²) in [6.45, 7) is 14.6. The standard InChI is InChI=1S/C24H31NO/c1-8-25-22-15-19(12-13-21(22)17(2)16-23(25,3)4)24(5,6)18-10-9-11-20(14-18)26-7/h9-16H,8H2,1-7H3. The van der Waals surface area contributed by atoms with Gasteiger partial charge in [0.25, 0.3) is 0 Å². The first-order chi connectivity index (χ1) is 12.2. The van der Waals surface area contributed by atoms with Gasteiger partial charge in [-0.1, -0.05) is 44.2 Å². The van der Waals surface area contributed by atoms with Gasteiger partial charge in [0.2, 0.25) is 0 Å². The topological polar surface area (TPSA) is 12.5 Å². The predicted octanol–water partition coefficient (Wildman–Crippen LogP) is 6.04. The number of nitrogens with zero attached hydrogens (tertiary/aromatic N) is 1. The van der Waals surface area contributed by atoms with E-state index in [9.17, 15) is 0 Å². The molecule has 1 aliphatic heterocycles. The molecule has 2 aromatic rings. The number of ether oxygens (including phenoxy) is 1. The predicted molar refractivity (Wildman–Crippen MR) is 112 cm³/mol. The number of anilines is 1. The average Bonchev–Trinajstić information content (AvgIpc) is 2.60. The van der Waals surface area contributed by atoms with Crippen LogP contribution in [0, 0.1) is 0 Å². The molecule has 0 amide bonds. The van der Waals surface area contributed by atoms with E-state index in [2.05, 4.69) is 88.9 Å². The fraction of sp³-hybridized carbons (Fsp3) is 0.417. The van der Waals surface area contributed by atoms with Crippen LogP contribution in [0.15, 0.2) is 48.5 Å². The summed E-state index contributed by atoms with van der Waals surface area (Å²) in [6, 6.07) is 15.4. The van der Waals surface area contributed by atoms with Gasteiger partial charge in [-0.15, -0.1) is 0 Å². The van der Waals surface area contributed by atoms with Gasteiger partial charge in [0, 0.05) is 23.2 Å². The number of fused-ring (bicyclic) bond motifs is 1. The molecule has 1 aliphatic rings. The third kappa shape index (κ3) is 3.02. The Morgan fingerprint density at radius 2 is 1.73 bits per heavy atom. The van der Waals surface area contributed by atoms with Gasteiger partial charge < -0.3 is 9.64 Å². The van der Waals surface area contributed by atoms with Crippen molar-refractivity contribution in [2.75, 3.05) is 18.6 Å². The summed E-state index contributed by atoms with van der Waals surface area (Å²) >= 11 is 0. The van der Waals surface area contributed by atoms with Crippen LogP contribution in [0.1, 0.15) is 58.2 Å². The van der Waals surface area contributed by atoms with Crippen molar-refractivity contribution in [2.45, 2.75) is 52.5 Å². The summed E-state index contributed by atoms with van der Waals surface area (Å²) < 4.78 is 5.44. The highest BCUT2D eigenvalue weighted by molar-refractivity contribution is 5.81. The zero-order chi connectivity index (χ0) is 19.1. The van der Waals surface area contributed by atoms with Gasteiger partial charge in [-0.25, -0.2) is 0 Å². The summed E-state index contributed by atoms with van der Waals surface area (Å²) in [5, 5.41) is 0. The molecule has 0 fully saturated rings. The van der Waals surface area contributed by atoms with E-state index in [4.69, 9.17) is 4.74 Å². The second-order valence-electron chi connectivity index (χ2n) is 8.31. The monoisotopic (exact) mass is 349 g/mol. The highest BCUT2D eigenvalue weighted by Crippen LogP contribution is 2.42. The molecule has 138 valence electrons. The zero-order valence-corrected chi connectivity index (χ0v) is 17.2. The number of rotatable bonds is 4. The van der Waals surface area contributed by atoms with Crippen LogP contribution in [0.4, 0.5) is 5.69 Å². The molecule has 26 heavy (non-hydrogen) atoms. The lowest BCUT2D eigenvalue weighted by atomic mass is 9.76. The molecular weight excluding hydrogens is 318 g/mol. The van der Waals surface area contributed by atoms with E-state index in [0.29, 0.717) is 0 Å². The molecule has 2 aromatic carbocycles. The number of benzene rings is 2. The molecule has 1 heterocycles. The van der Waals surface area contributed by atoms with Crippen LogP contribution in [-0.2, 0) is 5.41 Å². The maximum absolute atomic E-state index is 5.44. The molecule has 0 atom stereocenters. The van der Waals surface area contributed by atoms with E-state index in [-0.39, 0.29) is 11.0 Å². The Morgan fingerprint density at radius 3 is 2.38 bits per heavy atom. The molecule has 0 saturated carbocycles. The molecule has 0 aliphatic carbocycles. The summed E-state index contributed by atoms with van der Waals surface area (Å²) in [4.78, 5) is 2.50. The smallest absolute Gasteiger partial charge is 0.119 e. The van der Waals surface area contributed by atoms with Crippen LogP contribution < -0.4 is 9.64 Å². The number of hydrogen-bond donors (Lipinski definition) is 0.